The number of rotatable bonds is 7. The number of hydrogen-bond acceptors (Lipinski definition) is 3. The van der Waals surface area contributed by atoms with Crippen molar-refractivity contribution in [3.63, 3.8) is 0 Å². The molecule has 0 aliphatic carbocycles. The van der Waals surface area contributed by atoms with Gasteiger partial charge in [-0.25, -0.2) is 0 Å². The van der Waals surface area contributed by atoms with E-state index >= 15 is 0 Å². The molecule has 4 nitrogen and oxygen atoms in total. The lowest BCUT2D eigenvalue weighted by Crippen LogP contribution is -2.30. The predicted octanol–water partition coefficient (Wildman–Crippen LogP) is 1.73. The minimum absolute atomic E-state index is 0.375. The van der Waals surface area contributed by atoms with Gasteiger partial charge in [0.25, 0.3) is 0 Å². The molecule has 4 heteroatoms. The van der Waals surface area contributed by atoms with Gasteiger partial charge in [0.15, 0.2) is 0 Å². The first-order chi connectivity index (χ1) is 7.67. The van der Waals surface area contributed by atoms with E-state index in [0.717, 1.165) is 32.0 Å². The van der Waals surface area contributed by atoms with E-state index in [2.05, 4.69) is 30.3 Å². The Morgan fingerprint density at radius 2 is 2.25 bits per heavy atom. The highest BCUT2D eigenvalue weighted by Crippen LogP contribution is 2.03. The molecule has 0 amide bonds. The summed E-state index contributed by atoms with van der Waals surface area (Å²) in [5.74, 6) is 0. The molecule has 0 aliphatic rings. The van der Waals surface area contributed by atoms with Crippen molar-refractivity contribution in [3.05, 3.63) is 17.5 Å². The molecule has 0 radical (unpaired) electrons. The molecule has 0 spiro atoms. The van der Waals surface area contributed by atoms with Crippen LogP contribution in [0.2, 0.25) is 0 Å². The van der Waals surface area contributed by atoms with Crippen LogP contribution in [0.25, 0.3) is 0 Å². The Hall–Kier alpha value is -0.870. The van der Waals surface area contributed by atoms with Crippen LogP contribution in [0, 0.1) is 6.92 Å². The highest BCUT2D eigenvalue weighted by molar-refractivity contribution is 5.08. The summed E-state index contributed by atoms with van der Waals surface area (Å²) in [5.41, 5.74) is 2.32. The quantitative estimate of drug-likeness (QED) is 0.768. The lowest BCUT2D eigenvalue weighted by Gasteiger charge is -2.13. The third kappa shape index (κ3) is 3.94. The molecular weight excluding hydrogens is 202 g/mol. The molecule has 0 saturated carbocycles. The average molecular weight is 225 g/mol. The van der Waals surface area contributed by atoms with E-state index in [1.807, 2.05) is 18.5 Å². The van der Waals surface area contributed by atoms with Crippen LogP contribution in [0.15, 0.2) is 6.07 Å². The molecule has 92 valence electrons. The SMILES string of the molecule is CCOCC(C)NCc1cc(C)nn1CC. The number of aryl methyl sites for hydroxylation is 2. The molecule has 0 bridgehead atoms. The van der Waals surface area contributed by atoms with E-state index in [9.17, 15) is 0 Å². The van der Waals surface area contributed by atoms with Gasteiger partial charge in [-0.3, -0.25) is 4.68 Å². The summed E-state index contributed by atoms with van der Waals surface area (Å²) in [6.45, 7) is 11.6. The molecule has 1 N–H and O–H groups in total. The third-order valence-electron chi connectivity index (χ3n) is 2.49. The lowest BCUT2D eigenvalue weighted by atomic mass is 10.3. The van der Waals surface area contributed by atoms with Crippen molar-refractivity contribution >= 4 is 0 Å². The normalized spacial score (nSPS) is 13.0. The number of nitrogens with one attached hydrogen (secondary N) is 1. The second kappa shape index (κ2) is 6.66. The summed E-state index contributed by atoms with van der Waals surface area (Å²) in [6, 6.07) is 2.50. The first-order valence-corrected chi connectivity index (χ1v) is 6.01. The van der Waals surface area contributed by atoms with Crippen molar-refractivity contribution < 1.29 is 4.74 Å². The van der Waals surface area contributed by atoms with Crippen molar-refractivity contribution in [2.45, 2.75) is 46.8 Å². The van der Waals surface area contributed by atoms with E-state index in [4.69, 9.17) is 4.74 Å². The molecule has 0 aliphatic heterocycles. The molecule has 1 rings (SSSR count). The molecule has 1 unspecified atom stereocenters. The van der Waals surface area contributed by atoms with Crippen LogP contribution in [-0.4, -0.2) is 29.0 Å². The first-order valence-electron chi connectivity index (χ1n) is 6.01. The van der Waals surface area contributed by atoms with E-state index < -0.39 is 0 Å². The highest BCUT2D eigenvalue weighted by Gasteiger charge is 2.06. The monoisotopic (exact) mass is 225 g/mol. The zero-order valence-electron chi connectivity index (χ0n) is 10.8. The summed E-state index contributed by atoms with van der Waals surface area (Å²) in [5, 5.41) is 7.85. The van der Waals surface area contributed by atoms with Crippen molar-refractivity contribution in [3.8, 4) is 0 Å². The highest BCUT2D eigenvalue weighted by atomic mass is 16.5. The van der Waals surface area contributed by atoms with Crippen LogP contribution >= 0.6 is 0 Å². The van der Waals surface area contributed by atoms with Crippen LogP contribution in [-0.2, 0) is 17.8 Å². The summed E-state index contributed by atoms with van der Waals surface area (Å²) in [7, 11) is 0. The number of aromatic nitrogens is 2. The fourth-order valence-electron chi connectivity index (χ4n) is 1.65. The maximum atomic E-state index is 5.36. The smallest absolute Gasteiger partial charge is 0.0616 e. The predicted molar refractivity (Wildman–Crippen MR) is 65.4 cm³/mol. The van der Waals surface area contributed by atoms with Gasteiger partial charge in [0.1, 0.15) is 0 Å². The molecule has 0 aromatic carbocycles. The lowest BCUT2D eigenvalue weighted by molar-refractivity contribution is 0.126. The van der Waals surface area contributed by atoms with Gasteiger partial charge in [-0.2, -0.15) is 5.10 Å². The van der Waals surface area contributed by atoms with E-state index in [1.165, 1.54) is 5.69 Å². The standard InChI is InChI=1S/C12H23N3O/c1-5-15-12(7-10(3)14-15)8-13-11(4)9-16-6-2/h7,11,13H,5-6,8-9H2,1-4H3. The minimum atomic E-state index is 0.375. The molecule has 1 aromatic rings. The molecule has 1 heterocycles. The zero-order chi connectivity index (χ0) is 12.0. The minimum Gasteiger partial charge on any atom is -0.380 e. The summed E-state index contributed by atoms with van der Waals surface area (Å²) < 4.78 is 7.40. The molecule has 16 heavy (non-hydrogen) atoms. The van der Waals surface area contributed by atoms with E-state index in [-0.39, 0.29) is 0 Å². The van der Waals surface area contributed by atoms with Crippen LogP contribution in [0.4, 0.5) is 0 Å². The summed E-state index contributed by atoms with van der Waals surface area (Å²) in [6.07, 6.45) is 0. The van der Waals surface area contributed by atoms with Crippen molar-refractivity contribution in [2.75, 3.05) is 13.2 Å². The molecule has 0 saturated heterocycles. The molecule has 1 atom stereocenters. The fourth-order valence-corrected chi connectivity index (χ4v) is 1.65. The Morgan fingerprint density at radius 3 is 2.88 bits per heavy atom. The van der Waals surface area contributed by atoms with E-state index in [0.29, 0.717) is 6.04 Å². The van der Waals surface area contributed by atoms with Gasteiger partial charge in [0, 0.05) is 25.7 Å². The van der Waals surface area contributed by atoms with Gasteiger partial charge in [-0.05, 0) is 33.8 Å². The van der Waals surface area contributed by atoms with Crippen molar-refractivity contribution in [2.24, 2.45) is 0 Å². The molecule has 0 fully saturated rings. The fraction of sp³-hybridized carbons (Fsp3) is 0.750. The second-order valence-corrected chi connectivity index (χ2v) is 4.03. The van der Waals surface area contributed by atoms with Gasteiger partial charge >= 0.3 is 0 Å². The van der Waals surface area contributed by atoms with Gasteiger partial charge in [-0.1, -0.05) is 0 Å². The number of nitrogens with zero attached hydrogens (tertiary/aromatic N) is 2. The van der Waals surface area contributed by atoms with Crippen LogP contribution in [0.5, 0.6) is 0 Å². The number of hydrogen-bond donors (Lipinski definition) is 1. The van der Waals surface area contributed by atoms with Crippen LogP contribution in [0.1, 0.15) is 32.2 Å². The van der Waals surface area contributed by atoms with Crippen LogP contribution < -0.4 is 5.32 Å². The Kier molecular flexibility index (Phi) is 5.49. The number of ether oxygens (including phenoxy) is 1. The maximum Gasteiger partial charge on any atom is 0.0616 e. The zero-order valence-corrected chi connectivity index (χ0v) is 10.8. The Labute approximate surface area is 98.0 Å². The van der Waals surface area contributed by atoms with Crippen molar-refractivity contribution in [1.82, 2.24) is 15.1 Å². The second-order valence-electron chi connectivity index (χ2n) is 4.03. The van der Waals surface area contributed by atoms with Crippen molar-refractivity contribution in [1.29, 1.82) is 0 Å². The van der Waals surface area contributed by atoms with Crippen LogP contribution in [0.3, 0.4) is 0 Å². The Balaban J connectivity index is 2.41. The summed E-state index contributed by atoms with van der Waals surface area (Å²) >= 11 is 0. The van der Waals surface area contributed by atoms with Gasteiger partial charge in [0.2, 0.25) is 0 Å². The Morgan fingerprint density at radius 1 is 1.50 bits per heavy atom. The first kappa shape index (κ1) is 13.2. The molecule has 1 aromatic heterocycles. The average Bonchev–Trinajstić information content (AvgIpc) is 2.64. The summed E-state index contributed by atoms with van der Waals surface area (Å²) in [4.78, 5) is 0. The molecular formula is C12H23N3O. The van der Waals surface area contributed by atoms with Gasteiger partial charge in [-0.15, -0.1) is 0 Å². The Bertz CT molecular complexity index is 309. The maximum absolute atomic E-state index is 5.36. The van der Waals surface area contributed by atoms with E-state index in [1.54, 1.807) is 0 Å². The van der Waals surface area contributed by atoms with Gasteiger partial charge in [0.05, 0.1) is 18.0 Å². The topological polar surface area (TPSA) is 39.1 Å². The van der Waals surface area contributed by atoms with Gasteiger partial charge < -0.3 is 10.1 Å². The third-order valence-corrected chi connectivity index (χ3v) is 2.49. The largest absolute Gasteiger partial charge is 0.380 e.